The summed E-state index contributed by atoms with van der Waals surface area (Å²) < 4.78 is 0. The first kappa shape index (κ1) is 12.7. The van der Waals surface area contributed by atoms with Gasteiger partial charge in [0.25, 0.3) is 0 Å². The molecule has 1 aliphatic heterocycles. The molecule has 1 aliphatic carbocycles. The van der Waals surface area contributed by atoms with Crippen molar-refractivity contribution in [2.45, 2.75) is 38.6 Å². The van der Waals surface area contributed by atoms with Crippen LogP contribution in [0.25, 0.3) is 0 Å². The summed E-state index contributed by atoms with van der Waals surface area (Å²) >= 11 is 0. The summed E-state index contributed by atoms with van der Waals surface area (Å²) in [5.74, 6) is 0.754. The summed E-state index contributed by atoms with van der Waals surface area (Å²) in [5.41, 5.74) is 6.73. The number of nitrogens with zero attached hydrogens (tertiary/aromatic N) is 3. The summed E-state index contributed by atoms with van der Waals surface area (Å²) in [5, 5.41) is 0. The second-order valence-corrected chi connectivity index (χ2v) is 6.69. The van der Waals surface area contributed by atoms with Crippen LogP contribution >= 0.6 is 0 Å². The average molecular weight is 238 g/mol. The lowest BCUT2D eigenvalue weighted by Crippen LogP contribution is -2.52. The quantitative estimate of drug-likeness (QED) is 0.801. The van der Waals surface area contributed by atoms with E-state index in [1.165, 1.54) is 19.3 Å². The van der Waals surface area contributed by atoms with Crippen LogP contribution in [0.15, 0.2) is 4.99 Å². The van der Waals surface area contributed by atoms with Gasteiger partial charge in [-0.25, -0.2) is 0 Å². The third-order valence-electron chi connectivity index (χ3n) is 4.23. The van der Waals surface area contributed by atoms with Gasteiger partial charge in [0, 0.05) is 13.1 Å². The molecule has 1 spiro atoms. The molecule has 98 valence electrons. The Balaban J connectivity index is 2.08. The fourth-order valence-electron chi connectivity index (χ4n) is 3.30. The normalized spacial score (nSPS) is 31.6. The van der Waals surface area contributed by atoms with Gasteiger partial charge in [-0.3, -0.25) is 4.99 Å². The minimum Gasteiger partial charge on any atom is -0.370 e. The molecule has 2 aliphatic rings. The van der Waals surface area contributed by atoms with Crippen LogP contribution in [-0.2, 0) is 0 Å². The highest BCUT2D eigenvalue weighted by molar-refractivity contribution is 5.81. The number of hydrogen-bond acceptors (Lipinski definition) is 4. The van der Waals surface area contributed by atoms with E-state index in [2.05, 4.69) is 42.7 Å². The summed E-state index contributed by atoms with van der Waals surface area (Å²) in [7, 11) is 4.21. The maximum absolute atomic E-state index is 6.07. The zero-order valence-electron chi connectivity index (χ0n) is 11.7. The molecule has 1 heterocycles. The predicted octanol–water partition coefficient (Wildman–Crippen LogP) is 1.13. The minimum atomic E-state index is 0.226. The molecule has 1 fully saturated rings. The largest absolute Gasteiger partial charge is 0.370 e. The van der Waals surface area contributed by atoms with Gasteiger partial charge in [0.2, 0.25) is 0 Å². The highest BCUT2D eigenvalue weighted by Gasteiger charge is 2.50. The standard InChI is InChI=1S/C13H26N4/c1-12(2)5-6-13(9-12)10-15-11(14)17(13)8-7-16(3)4/h5-10H2,1-4H3,(H2,14,15). The summed E-state index contributed by atoms with van der Waals surface area (Å²) in [6, 6.07) is 0. The highest BCUT2D eigenvalue weighted by atomic mass is 15.4. The van der Waals surface area contributed by atoms with Crippen LogP contribution in [0, 0.1) is 5.41 Å². The molecule has 0 aromatic rings. The maximum atomic E-state index is 6.07. The predicted molar refractivity (Wildman–Crippen MR) is 72.1 cm³/mol. The van der Waals surface area contributed by atoms with Gasteiger partial charge in [-0.05, 0) is 38.8 Å². The summed E-state index contributed by atoms with van der Waals surface area (Å²) in [4.78, 5) is 9.07. The third-order valence-corrected chi connectivity index (χ3v) is 4.23. The summed E-state index contributed by atoms with van der Waals surface area (Å²) in [6.45, 7) is 7.66. The van der Waals surface area contributed by atoms with Crippen molar-refractivity contribution in [1.29, 1.82) is 0 Å². The van der Waals surface area contributed by atoms with E-state index in [4.69, 9.17) is 5.73 Å². The Morgan fingerprint density at radius 2 is 2.06 bits per heavy atom. The monoisotopic (exact) mass is 238 g/mol. The molecule has 0 aromatic heterocycles. The Hall–Kier alpha value is -0.770. The smallest absolute Gasteiger partial charge is 0.191 e. The molecule has 4 heteroatoms. The van der Waals surface area contributed by atoms with Crippen molar-refractivity contribution < 1.29 is 0 Å². The number of rotatable bonds is 3. The highest BCUT2D eigenvalue weighted by Crippen LogP contribution is 2.48. The number of nitrogens with two attached hydrogens (primary N) is 1. The molecule has 2 rings (SSSR count). The fourth-order valence-corrected chi connectivity index (χ4v) is 3.30. The van der Waals surface area contributed by atoms with Gasteiger partial charge >= 0.3 is 0 Å². The van der Waals surface area contributed by atoms with Gasteiger partial charge in [0.15, 0.2) is 5.96 Å². The van der Waals surface area contributed by atoms with Crippen molar-refractivity contribution >= 4 is 5.96 Å². The second kappa shape index (κ2) is 4.16. The average Bonchev–Trinajstić information content (AvgIpc) is 2.67. The SMILES string of the molecule is CN(C)CCN1C(N)=NCC12CCC(C)(C)C2. The molecule has 2 N–H and O–H groups in total. The number of likely N-dealkylation sites (N-methyl/N-ethyl adjacent to an activating group) is 1. The molecule has 1 saturated carbocycles. The van der Waals surface area contributed by atoms with Crippen molar-refractivity contribution in [3.05, 3.63) is 0 Å². The number of hydrogen-bond donors (Lipinski definition) is 1. The first-order chi connectivity index (χ1) is 7.85. The molecular formula is C13H26N4. The van der Waals surface area contributed by atoms with Crippen LogP contribution in [0.1, 0.15) is 33.1 Å². The van der Waals surface area contributed by atoms with Crippen LogP contribution < -0.4 is 5.73 Å². The molecule has 0 aromatic carbocycles. The van der Waals surface area contributed by atoms with E-state index in [0.717, 1.165) is 25.6 Å². The van der Waals surface area contributed by atoms with E-state index in [0.29, 0.717) is 5.41 Å². The molecule has 17 heavy (non-hydrogen) atoms. The molecule has 4 nitrogen and oxygen atoms in total. The lowest BCUT2D eigenvalue weighted by molar-refractivity contribution is 0.174. The van der Waals surface area contributed by atoms with Crippen LogP contribution in [-0.4, -0.2) is 55.0 Å². The molecule has 0 bridgehead atoms. The topological polar surface area (TPSA) is 44.9 Å². The molecule has 0 amide bonds. The number of guanidine groups is 1. The van der Waals surface area contributed by atoms with E-state index in [1.807, 2.05) is 0 Å². The van der Waals surface area contributed by atoms with E-state index < -0.39 is 0 Å². The van der Waals surface area contributed by atoms with Gasteiger partial charge in [-0.15, -0.1) is 0 Å². The Labute approximate surface area is 105 Å². The van der Waals surface area contributed by atoms with Crippen molar-refractivity contribution in [3.63, 3.8) is 0 Å². The molecule has 1 atom stereocenters. The molecular weight excluding hydrogens is 212 g/mol. The van der Waals surface area contributed by atoms with Gasteiger partial charge in [0.05, 0.1) is 12.1 Å². The fraction of sp³-hybridized carbons (Fsp3) is 0.923. The molecule has 0 radical (unpaired) electrons. The van der Waals surface area contributed by atoms with Crippen molar-refractivity contribution in [1.82, 2.24) is 9.80 Å². The van der Waals surface area contributed by atoms with Crippen molar-refractivity contribution in [2.75, 3.05) is 33.7 Å². The Kier molecular flexibility index (Phi) is 3.10. The minimum absolute atomic E-state index is 0.226. The zero-order valence-corrected chi connectivity index (χ0v) is 11.7. The first-order valence-corrected chi connectivity index (χ1v) is 6.57. The molecule has 1 unspecified atom stereocenters. The Morgan fingerprint density at radius 1 is 1.35 bits per heavy atom. The van der Waals surface area contributed by atoms with Crippen molar-refractivity contribution in [3.8, 4) is 0 Å². The maximum Gasteiger partial charge on any atom is 0.191 e. The Morgan fingerprint density at radius 3 is 2.59 bits per heavy atom. The van der Waals surface area contributed by atoms with E-state index >= 15 is 0 Å². The zero-order chi connectivity index (χ0) is 12.7. The Bertz CT molecular complexity index is 321. The molecule has 0 saturated heterocycles. The van der Waals surface area contributed by atoms with Crippen molar-refractivity contribution in [2.24, 2.45) is 16.1 Å². The van der Waals surface area contributed by atoms with Gasteiger partial charge in [-0.1, -0.05) is 13.8 Å². The van der Waals surface area contributed by atoms with Crippen LogP contribution in [0.5, 0.6) is 0 Å². The van der Waals surface area contributed by atoms with E-state index in [9.17, 15) is 0 Å². The summed E-state index contributed by atoms with van der Waals surface area (Å²) in [6.07, 6.45) is 3.74. The van der Waals surface area contributed by atoms with Crippen LogP contribution in [0.3, 0.4) is 0 Å². The first-order valence-electron chi connectivity index (χ1n) is 6.57. The number of aliphatic imine (C=N–C) groups is 1. The van der Waals surface area contributed by atoms with E-state index in [1.54, 1.807) is 0 Å². The van der Waals surface area contributed by atoms with E-state index in [-0.39, 0.29) is 5.54 Å². The van der Waals surface area contributed by atoms with Crippen LogP contribution in [0.4, 0.5) is 0 Å². The third kappa shape index (κ3) is 2.41. The van der Waals surface area contributed by atoms with Gasteiger partial charge in [0.1, 0.15) is 0 Å². The van der Waals surface area contributed by atoms with Gasteiger partial charge < -0.3 is 15.5 Å². The second-order valence-electron chi connectivity index (χ2n) is 6.69. The van der Waals surface area contributed by atoms with Crippen LogP contribution in [0.2, 0.25) is 0 Å². The van der Waals surface area contributed by atoms with Gasteiger partial charge in [-0.2, -0.15) is 0 Å². The lowest BCUT2D eigenvalue weighted by atomic mass is 9.87. The lowest BCUT2D eigenvalue weighted by Gasteiger charge is -2.37.